The van der Waals surface area contributed by atoms with Gasteiger partial charge in [-0.3, -0.25) is 10.1 Å². The summed E-state index contributed by atoms with van der Waals surface area (Å²) in [5.41, 5.74) is -1.33. The van der Waals surface area contributed by atoms with Crippen molar-refractivity contribution in [2.75, 3.05) is 0 Å². The molecular weight excluding hydrogens is 315 g/mol. The van der Waals surface area contributed by atoms with Gasteiger partial charge in [-0.05, 0) is 18.2 Å². The number of ether oxygens (including phenoxy) is 1. The molecule has 2 rings (SSSR count). The monoisotopic (exact) mass is 319 g/mol. The van der Waals surface area contributed by atoms with Crippen molar-refractivity contribution in [3.8, 4) is 11.8 Å². The fraction of sp³-hybridized carbons (Fsp3) is 0.0909. The first kappa shape index (κ1) is 15.0. The van der Waals surface area contributed by atoms with Crippen molar-refractivity contribution in [1.82, 2.24) is 9.97 Å². The summed E-state index contributed by atoms with van der Waals surface area (Å²) in [6.45, 7) is 0. The van der Waals surface area contributed by atoms with Gasteiger partial charge >= 0.3 is 17.9 Å². The summed E-state index contributed by atoms with van der Waals surface area (Å²) < 4.78 is 42.7. The predicted molar refractivity (Wildman–Crippen MR) is 65.2 cm³/mol. The molecule has 0 saturated heterocycles. The molecule has 0 amide bonds. The van der Waals surface area contributed by atoms with Gasteiger partial charge in [0.05, 0.1) is 15.5 Å². The van der Waals surface area contributed by atoms with E-state index in [4.69, 9.17) is 16.3 Å². The topological polar surface area (TPSA) is 78.2 Å². The van der Waals surface area contributed by atoms with E-state index in [1.807, 2.05) is 0 Å². The van der Waals surface area contributed by atoms with Gasteiger partial charge in [-0.15, -0.1) is 0 Å². The molecule has 2 aromatic rings. The molecule has 10 heteroatoms. The van der Waals surface area contributed by atoms with E-state index in [2.05, 4.69) is 9.97 Å². The van der Waals surface area contributed by atoms with Crippen molar-refractivity contribution in [1.29, 1.82) is 0 Å². The molecule has 0 aliphatic heterocycles. The van der Waals surface area contributed by atoms with Crippen molar-refractivity contribution in [2.45, 2.75) is 6.18 Å². The molecule has 110 valence electrons. The standard InChI is InChI=1S/C11H5ClF3N3O3/c12-8-2-1-6(11(13,14)15)3-9(8)21-10-16-4-7(5-17-10)18(19)20/h1-5H. The van der Waals surface area contributed by atoms with Gasteiger partial charge in [-0.2, -0.15) is 23.1 Å². The van der Waals surface area contributed by atoms with E-state index >= 15 is 0 Å². The molecular formula is C11H5ClF3N3O3. The van der Waals surface area contributed by atoms with Crippen LogP contribution in [0.3, 0.4) is 0 Å². The van der Waals surface area contributed by atoms with Crippen LogP contribution in [-0.4, -0.2) is 14.9 Å². The number of aromatic nitrogens is 2. The first-order chi connectivity index (χ1) is 9.77. The number of halogens is 4. The second kappa shape index (κ2) is 5.52. The van der Waals surface area contributed by atoms with E-state index < -0.39 is 16.7 Å². The van der Waals surface area contributed by atoms with Crippen LogP contribution in [0.1, 0.15) is 5.56 Å². The lowest BCUT2D eigenvalue weighted by Crippen LogP contribution is -2.05. The molecule has 0 saturated carbocycles. The number of hydrogen-bond donors (Lipinski definition) is 0. The molecule has 0 aliphatic rings. The van der Waals surface area contributed by atoms with Gasteiger partial charge in [-0.25, -0.2) is 0 Å². The lowest BCUT2D eigenvalue weighted by atomic mass is 10.2. The summed E-state index contributed by atoms with van der Waals surface area (Å²) >= 11 is 5.72. The molecule has 6 nitrogen and oxygen atoms in total. The van der Waals surface area contributed by atoms with Gasteiger partial charge in [-0.1, -0.05) is 11.6 Å². The lowest BCUT2D eigenvalue weighted by Gasteiger charge is -2.10. The Morgan fingerprint density at radius 1 is 1.24 bits per heavy atom. The highest BCUT2D eigenvalue weighted by Crippen LogP contribution is 2.36. The molecule has 0 N–H and O–H groups in total. The smallest absolute Gasteiger partial charge is 0.416 e. The van der Waals surface area contributed by atoms with Crippen LogP contribution < -0.4 is 4.74 Å². The lowest BCUT2D eigenvalue weighted by molar-refractivity contribution is -0.385. The van der Waals surface area contributed by atoms with E-state index in [9.17, 15) is 23.3 Å². The number of benzene rings is 1. The van der Waals surface area contributed by atoms with Crippen LogP contribution in [0.15, 0.2) is 30.6 Å². The average Bonchev–Trinajstić information content (AvgIpc) is 2.40. The van der Waals surface area contributed by atoms with E-state index in [1.54, 1.807) is 0 Å². The summed E-state index contributed by atoms with van der Waals surface area (Å²) in [5.74, 6) is -0.305. The largest absolute Gasteiger partial charge is 0.423 e. The van der Waals surface area contributed by atoms with Gasteiger partial charge in [0.25, 0.3) is 0 Å². The number of rotatable bonds is 3. The van der Waals surface area contributed by atoms with Crippen molar-refractivity contribution >= 4 is 17.3 Å². The zero-order valence-electron chi connectivity index (χ0n) is 9.96. The summed E-state index contributed by atoms with van der Waals surface area (Å²) in [6.07, 6.45) is -2.83. The average molecular weight is 320 g/mol. The van der Waals surface area contributed by atoms with Gasteiger partial charge < -0.3 is 4.74 Å². The molecule has 0 aliphatic carbocycles. The Labute approximate surface area is 120 Å². The van der Waals surface area contributed by atoms with Gasteiger partial charge in [0.15, 0.2) is 0 Å². The van der Waals surface area contributed by atoms with Crippen LogP contribution in [0.4, 0.5) is 18.9 Å². The number of nitrogens with zero attached hydrogens (tertiary/aromatic N) is 3. The third-order valence-corrected chi connectivity index (χ3v) is 2.60. The summed E-state index contributed by atoms with van der Waals surface area (Å²) in [6, 6.07) is 2.14. The summed E-state index contributed by atoms with van der Waals surface area (Å²) in [4.78, 5) is 16.7. The number of hydrogen-bond acceptors (Lipinski definition) is 5. The van der Waals surface area contributed by atoms with Crippen molar-refractivity contribution in [2.24, 2.45) is 0 Å². The summed E-state index contributed by atoms with van der Waals surface area (Å²) in [7, 11) is 0. The van der Waals surface area contributed by atoms with Gasteiger partial charge in [0.2, 0.25) is 0 Å². The van der Waals surface area contributed by atoms with E-state index in [0.717, 1.165) is 24.5 Å². The highest BCUT2D eigenvalue weighted by molar-refractivity contribution is 6.32. The number of nitro groups is 1. The molecule has 0 unspecified atom stereocenters. The Morgan fingerprint density at radius 3 is 2.38 bits per heavy atom. The fourth-order valence-corrected chi connectivity index (χ4v) is 1.47. The third kappa shape index (κ3) is 3.57. The molecule has 1 aromatic heterocycles. The van der Waals surface area contributed by atoms with Crippen LogP contribution in [0.5, 0.6) is 11.8 Å². The van der Waals surface area contributed by atoms with Crippen molar-refractivity contribution in [3.05, 3.63) is 51.3 Å². The fourth-order valence-electron chi connectivity index (χ4n) is 1.31. The van der Waals surface area contributed by atoms with E-state index in [0.29, 0.717) is 6.07 Å². The van der Waals surface area contributed by atoms with E-state index in [-0.39, 0.29) is 22.5 Å². The first-order valence-corrected chi connectivity index (χ1v) is 5.66. The molecule has 0 bridgehead atoms. The first-order valence-electron chi connectivity index (χ1n) is 5.28. The van der Waals surface area contributed by atoms with Crippen LogP contribution >= 0.6 is 11.6 Å². The minimum absolute atomic E-state index is 0.0787. The van der Waals surface area contributed by atoms with Gasteiger partial charge in [0.1, 0.15) is 18.1 Å². The second-order valence-electron chi connectivity index (χ2n) is 3.73. The molecule has 0 spiro atoms. The Bertz CT molecular complexity index is 677. The minimum atomic E-state index is -4.56. The highest BCUT2D eigenvalue weighted by Gasteiger charge is 2.31. The maximum absolute atomic E-state index is 12.6. The zero-order chi connectivity index (χ0) is 15.6. The highest BCUT2D eigenvalue weighted by atomic mass is 35.5. The SMILES string of the molecule is O=[N+]([O-])c1cnc(Oc2cc(C(F)(F)F)ccc2Cl)nc1. The molecule has 1 aromatic carbocycles. The minimum Gasteiger partial charge on any atom is -0.423 e. The van der Waals surface area contributed by atoms with Crippen LogP contribution in [0.25, 0.3) is 0 Å². The Balaban J connectivity index is 2.28. The maximum atomic E-state index is 12.6. The van der Waals surface area contributed by atoms with Gasteiger partial charge in [0, 0.05) is 0 Å². The summed E-state index contributed by atoms with van der Waals surface area (Å²) in [5, 5.41) is 10.3. The van der Waals surface area contributed by atoms with Crippen molar-refractivity contribution in [3.63, 3.8) is 0 Å². The van der Waals surface area contributed by atoms with E-state index in [1.165, 1.54) is 0 Å². The van der Waals surface area contributed by atoms with Crippen LogP contribution in [0, 0.1) is 10.1 Å². The Morgan fingerprint density at radius 2 is 1.86 bits per heavy atom. The third-order valence-electron chi connectivity index (χ3n) is 2.29. The maximum Gasteiger partial charge on any atom is 0.416 e. The second-order valence-corrected chi connectivity index (χ2v) is 4.13. The number of alkyl halides is 3. The quantitative estimate of drug-likeness (QED) is 0.634. The molecule has 1 heterocycles. The molecule has 0 fully saturated rings. The molecule has 0 atom stereocenters. The Hall–Kier alpha value is -2.42. The Kier molecular flexibility index (Phi) is 3.94. The molecule has 0 radical (unpaired) electrons. The van der Waals surface area contributed by atoms with Crippen LogP contribution in [0.2, 0.25) is 5.02 Å². The normalized spacial score (nSPS) is 11.2. The predicted octanol–water partition coefficient (Wildman–Crippen LogP) is 3.85. The van der Waals surface area contributed by atoms with Crippen LogP contribution in [-0.2, 0) is 6.18 Å². The molecule has 21 heavy (non-hydrogen) atoms. The zero-order valence-corrected chi connectivity index (χ0v) is 10.7. The van der Waals surface area contributed by atoms with Crippen molar-refractivity contribution < 1.29 is 22.8 Å².